The molecule has 9 heteroatoms. The minimum atomic E-state index is -0.0888. The maximum atomic E-state index is 11.7. The summed E-state index contributed by atoms with van der Waals surface area (Å²) < 4.78 is 8.95. The molecule has 3 aromatic rings. The summed E-state index contributed by atoms with van der Waals surface area (Å²) in [6, 6.07) is 25.9. The number of ketones is 1. The molecule has 0 radical (unpaired) electrons. The van der Waals surface area contributed by atoms with Gasteiger partial charge in [0.2, 0.25) is 11.3 Å². The molecule has 2 aliphatic rings. The summed E-state index contributed by atoms with van der Waals surface area (Å²) in [6.07, 6.45) is 0. The van der Waals surface area contributed by atoms with E-state index in [9.17, 15) is 9.90 Å². The van der Waals surface area contributed by atoms with E-state index in [0.717, 1.165) is 70.6 Å². The first-order chi connectivity index (χ1) is 22.8. The van der Waals surface area contributed by atoms with Gasteiger partial charge in [-0.1, -0.05) is 24.3 Å². The summed E-state index contributed by atoms with van der Waals surface area (Å²) >= 11 is 0. The fourth-order valence-corrected chi connectivity index (χ4v) is 6.00. The summed E-state index contributed by atoms with van der Waals surface area (Å²) in [7, 11) is 0. The van der Waals surface area contributed by atoms with Crippen molar-refractivity contribution in [2.24, 2.45) is 9.98 Å². The number of pyridine rings is 1. The third kappa shape index (κ3) is 7.75. The van der Waals surface area contributed by atoms with Crippen LogP contribution in [-0.2, 0) is 17.1 Å². The maximum absolute atomic E-state index is 11.7. The van der Waals surface area contributed by atoms with E-state index in [2.05, 4.69) is 88.5 Å². The second-order valence-corrected chi connectivity index (χ2v) is 11.4. The van der Waals surface area contributed by atoms with Crippen LogP contribution in [0.15, 0.2) is 93.3 Å². The molecule has 0 bridgehead atoms. The van der Waals surface area contributed by atoms with Crippen LogP contribution in [-0.4, -0.2) is 66.8 Å². The van der Waals surface area contributed by atoms with Gasteiger partial charge in [-0.15, -0.1) is 0 Å². The molecular formula is C39H44FeN5O3+. The van der Waals surface area contributed by atoms with Gasteiger partial charge in [-0.25, -0.2) is 14.6 Å². The van der Waals surface area contributed by atoms with Crippen LogP contribution >= 0.6 is 0 Å². The smallest absolute Gasteiger partial charge is 0.214 e. The Balaban J connectivity index is 0.00000520. The third-order valence-electron chi connectivity index (χ3n) is 8.57. The average Bonchev–Trinajstić information content (AvgIpc) is 3.10. The predicted molar refractivity (Wildman–Crippen MR) is 194 cm³/mol. The molecule has 5 rings (SSSR count). The molecule has 0 saturated heterocycles. The first kappa shape index (κ1) is 36.2. The van der Waals surface area contributed by atoms with Crippen LogP contribution in [0.3, 0.4) is 0 Å². The van der Waals surface area contributed by atoms with Crippen molar-refractivity contribution in [2.45, 2.75) is 41.5 Å². The number of Topliss-reactive ketones (excluding diaryl/α,β-unsaturated/α-hetero) is 1. The first-order valence-corrected chi connectivity index (χ1v) is 16.5. The van der Waals surface area contributed by atoms with E-state index in [0.29, 0.717) is 29.2 Å². The number of benzene rings is 3. The van der Waals surface area contributed by atoms with E-state index >= 15 is 0 Å². The number of fused-ring (bicyclic) bond motifs is 2. The fourth-order valence-electron chi connectivity index (χ4n) is 6.00. The normalized spacial score (nSPS) is 11.9. The molecule has 2 aromatic carbocycles. The Hall–Kier alpha value is -4.59. The third-order valence-corrected chi connectivity index (χ3v) is 8.57. The van der Waals surface area contributed by atoms with E-state index in [1.165, 1.54) is 6.92 Å². The summed E-state index contributed by atoms with van der Waals surface area (Å²) in [4.78, 5) is 27.6. The summed E-state index contributed by atoms with van der Waals surface area (Å²) in [5.74, 6) is 0.646. The van der Waals surface area contributed by atoms with Crippen LogP contribution in [0, 0.1) is 0 Å². The van der Waals surface area contributed by atoms with Crippen LogP contribution in [0.5, 0.6) is 0 Å². The Morgan fingerprint density at radius 1 is 0.833 bits per heavy atom. The Morgan fingerprint density at radius 3 is 2.25 bits per heavy atom. The Labute approximate surface area is 293 Å². The molecule has 1 N–H and O–H groups in total. The average molecular weight is 687 g/mol. The molecule has 8 nitrogen and oxygen atoms in total. The van der Waals surface area contributed by atoms with Crippen molar-refractivity contribution in [3.63, 3.8) is 0 Å². The van der Waals surface area contributed by atoms with Gasteiger partial charge in [-0.3, -0.25) is 9.79 Å². The van der Waals surface area contributed by atoms with Gasteiger partial charge in [0.1, 0.15) is 30.1 Å². The largest absolute Gasteiger partial charge is 0.493 e. The van der Waals surface area contributed by atoms with Gasteiger partial charge in [0.05, 0.1) is 30.6 Å². The van der Waals surface area contributed by atoms with Crippen LogP contribution in [0.1, 0.15) is 63.3 Å². The predicted octanol–water partition coefficient (Wildman–Crippen LogP) is 7.27. The Morgan fingerprint density at radius 2 is 1.54 bits per heavy atom. The van der Waals surface area contributed by atoms with Crippen LogP contribution < -0.4 is 14.8 Å². The van der Waals surface area contributed by atoms with Crippen molar-refractivity contribution < 1.29 is 31.4 Å². The van der Waals surface area contributed by atoms with E-state index in [1.807, 2.05) is 37.3 Å². The number of aliphatic hydroxyl groups excluding tert-OH is 1. The number of aromatic nitrogens is 1. The minimum Gasteiger partial charge on any atom is -0.493 e. The van der Waals surface area contributed by atoms with Crippen LogP contribution in [0.4, 0.5) is 5.69 Å². The maximum Gasteiger partial charge on any atom is 0.214 e. The zero-order valence-electron chi connectivity index (χ0n) is 28.6. The number of rotatable bonds is 12. The SMILES string of the molecule is CCN(CC)c1ccc2c(-c3ccccc3C(O)=NCCN=C(C)c3cccc(C(C)=O)n3)c3ccc(=[N+](CC)CC)cc-3oc2c1.[Fe]. The zero-order chi connectivity index (χ0) is 33.5. The second kappa shape index (κ2) is 16.5. The minimum absolute atomic E-state index is 0. The van der Waals surface area contributed by atoms with Crippen molar-refractivity contribution in [3.05, 3.63) is 101 Å². The molecule has 250 valence electrons. The van der Waals surface area contributed by atoms with Gasteiger partial charge in [-0.2, -0.15) is 0 Å². The quantitative estimate of drug-likeness (QED) is 0.0284. The Kier molecular flexibility index (Phi) is 12.5. The summed E-state index contributed by atoms with van der Waals surface area (Å²) in [6.45, 7) is 16.2. The standard InChI is InChI=1S/C39H43N5O3.Fe/c1-7-43(8-2)28-18-20-32-36(24-28)47-37-25-29(44(9-3)10-4)19-21-33(37)38(32)30-14-11-12-15-31(30)39(46)41-23-22-40-26(5)34-16-13-17-35(42-34)27(6)45;/h11-21,24-25H,7-10,22-23H2,1-6H3;/p+1. The van der Waals surface area contributed by atoms with Crippen molar-refractivity contribution in [3.8, 4) is 22.5 Å². The number of carbonyl (C=O) groups excluding carboxylic acids is 1. The monoisotopic (exact) mass is 686 g/mol. The van der Waals surface area contributed by atoms with Crippen molar-refractivity contribution in [1.82, 2.24) is 9.56 Å². The number of anilines is 1. The molecule has 1 aliphatic carbocycles. The molecule has 0 unspecified atom stereocenters. The van der Waals surface area contributed by atoms with Gasteiger partial charge >= 0.3 is 0 Å². The molecule has 0 saturated carbocycles. The molecular weight excluding hydrogens is 642 g/mol. The van der Waals surface area contributed by atoms with Gasteiger partial charge in [-0.05, 0) is 76.6 Å². The molecule has 1 aromatic heterocycles. The van der Waals surface area contributed by atoms with Crippen LogP contribution in [0.25, 0.3) is 33.4 Å². The number of aliphatic hydroxyl groups is 1. The first-order valence-electron chi connectivity index (χ1n) is 16.5. The van der Waals surface area contributed by atoms with Gasteiger partial charge in [0.25, 0.3) is 0 Å². The molecule has 2 heterocycles. The number of carbonyl (C=O) groups is 1. The van der Waals surface area contributed by atoms with Gasteiger partial charge in [0, 0.05) is 77.0 Å². The number of aliphatic imine (C=N–C) groups is 2. The topological polar surface area (TPSA) is 94.3 Å². The molecule has 48 heavy (non-hydrogen) atoms. The summed E-state index contributed by atoms with van der Waals surface area (Å²) in [5, 5.41) is 13.4. The van der Waals surface area contributed by atoms with E-state index in [4.69, 9.17) is 4.42 Å². The van der Waals surface area contributed by atoms with Crippen molar-refractivity contribution in [2.75, 3.05) is 44.2 Å². The van der Waals surface area contributed by atoms with Gasteiger partial charge < -0.3 is 14.4 Å². The van der Waals surface area contributed by atoms with E-state index < -0.39 is 0 Å². The molecule has 0 fully saturated rings. The number of nitrogens with zero attached hydrogens (tertiary/aromatic N) is 5. The van der Waals surface area contributed by atoms with Crippen molar-refractivity contribution in [1.29, 1.82) is 0 Å². The fraction of sp³-hybridized carbons (Fsp3) is 0.308. The van der Waals surface area contributed by atoms with Crippen LogP contribution in [0.2, 0.25) is 0 Å². The number of hydrogen-bond donors (Lipinski definition) is 1. The molecule has 0 atom stereocenters. The molecule has 0 amide bonds. The number of hydrogen-bond acceptors (Lipinski definition) is 6. The van der Waals surface area contributed by atoms with E-state index in [-0.39, 0.29) is 35.3 Å². The molecule has 1 aliphatic heterocycles. The van der Waals surface area contributed by atoms with E-state index in [1.54, 1.807) is 12.1 Å². The zero-order valence-corrected chi connectivity index (χ0v) is 29.7. The summed E-state index contributed by atoms with van der Waals surface area (Å²) in [5.41, 5.74) is 7.12. The second-order valence-electron chi connectivity index (χ2n) is 11.4. The Bertz CT molecular complexity index is 2000. The van der Waals surface area contributed by atoms with Gasteiger partial charge in [0.15, 0.2) is 5.78 Å². The molecule has 0 spiro atoms. The van der Waals surface area contributed by atoms with Crippen molar-refractivity contribution >= 4 is 34.0 Å².